The number of alkyl halides is 3. The van der Waals surface area contributed by atoms with Crippen LogP contribution in [0.15, 0.2) is 18.2 Å². The normalized spacial score (nSPS) is 29.1. The Morgan fingerprint density at radius 1 is 1.38 bits per heavy atom. The molecular weight excluding hydrogens is 365 g/mol. The second kappa shape index (κ2) is 5.82. The van der Waals surface area contributed by atoms with Crippen LogP contribution >= 0.6 is 11.8 Å². The summed E-state index contributed by atoms with van der Waals surface area (Å²) in [5.41, 5.74) is -1.86. The third kappa shape index (κ3) is 2.74. The molecule has 0 saturated carbocycles. The van der Waals surface area contributed by atoms with Crippen LogP contribution in [0.3, 0.4) is 0 Å². The van der Waals surface area contributed by atoms with Crippen molar-refractivity contribution in [1.29, 1.82) is 5.26 Å². The van der Waals surface area contributed by atoms with Gasteiger partial charge in [-0.3, -0.25) is 4.31 Å². The van der Waals surface area contributed by atoms with Gasteiger partial charge in [0.05, 0.1) is 29.0 Å². The van der Waals surface area contributed by atoms with Gasteiger partial charge in [-0.1, -0.05) is 0 Å². The molecule has 10 heteroatoms. The molecule has 0 aromatic heterocycles. The Morgan fingerprint density at radius 2 is 2.08 bits per heavy atom. The fourth-order valence-electron chi connectivity index (χ4n) is 3.08. The first kappa shape index (κ1) is 17.4. The minimum absolute atomic E-state index is 0.0118. The first-order valence-corrected chi connectivity index (χ1v) is 9.64. The van der Waals surface area contributed by atoms with Gasteiger partial charge in [0.25, 0.3) is 0 Å². The zero-order chi connectivity index (χ0) is 17.7. The third-order valence-corrected chi connectivity index (χ3v) is 8.02. The van der Waals surface area contributed by atoms with Gasteiger partial charge < -0.3 is 5.11 Å². The van der Waals surface area contributed by atoms with E-state index in [0.29, 0.717) is 18.2 Å². The lowest BCUT2D eigenvalue weighted by Gasteiger charge is -2.27. The van der Waals surface area contributed by atoms with Crippen LogP contribution in [0.4, 0.5) is 18.9 Å². The Kier molecular flexibility index (Phi) is 4.22. The number of hydrogen-bond donors (Lipinski definition) is 1. The number of nitrogens with zero attached hydrogens (tertiary/aromatic N) is 2. The molecule has 24 heavy (non-hydrogen) atoms. The van der Waals surface area contributed by atoms with Crippen molar-refractivity contribution in [1.82, 2.24) is 0 Å². The number of benzene rings is 1. The van der Waals surface area contributed by atoms with Crippen LogP contribution in [0.5, 0.6) is 0 Å². The quantitative estimate of drug-likeness (QED) is 0.808. The molecule has 2 saturated heterocycles. The summed E-state index contributed by atoms with van der Waals surface area (Å²) in [6, 6.07) is 4.32. The highest BCUT2D eigenvalue weighted by molar-refractivity contribution is 8.02. The summed E-state index contributed by atoms with van der Waals surface area (Å²) in [6.45, 7) is 0.0118. The van der Waals surface area contributed by atoms with Crippen LogP contribution in [0.1, 0.15) is 17.5 Å². The summed E-state index contributed by atoms with van der Waals surface area (Å²) in [4.78, 5) is 0. The number of hydrogen-bond acceptors (Lipinski definition) is 5. The lowest BCUT2D eigenvalue weighted by molar-refractivity contribution is -0.137. The van der Waals surface area contributed by atoms with E-state index < -0.39 is 38.7 Å². The van der Waals surface area contributed by atoms with E-state index in [1.165, 1.54) is 23.9 Å². The average molecular weight is 378 g/mol. The summed E-state index contributed by atoms with van der Waals surface area (Å²) < 4.78 is 65.5. The highest BCUT2D eigenvalue weighted by Gasteiger charge is 2.52. The van der Waals surface area contributed by atoms with Gasteiger partial charge in [0.15, 0.2) is 0 Å². The fourth-order valence-corrected chi connectivity index (χ4v) is 7.21. The van der Waals surface area contributed by atoms with Gasteiger partial charge >= 0.3 is 6.18 Å². The van der Waals surface area contributed by atoms with Crippen molar-refractivity contribution < 1.29 is 26.7 Å². The first-order valence-electron chi connectivity index (χ1n) is 7.09. The molecule has 0 radical (unpaired) electrons. The lowest BCUT2D eigenvalue weighted by atomic mass is 10.1. The number of rotatable bonds is 1. The summed E-state index contributed by atoms with van der Waals surface area (Å²) in [5.74, 6) is 0.604. The van der Waals surface area contributed by atoms with Crippen LogP contribution in [0.25, 0.3) is 0 Å². The Balaban J connectivity index is 2.06. The molecule has 2 heterocycles. The number of nitriles is 1. The molecule has 0 bridgehead atoms. The molecule has 2 aliphatic rings. The minimum atomic E-state index is -4.76. The molecule has 3 atom stereocenters. The van der Waals surface area contributed by atoms with Crippen LogP contribution < -0.4 is 4.31 Å². The molecule has 2 aliphatic heterocycles. The summed E-state index contributed by atoms with van der Waals surface area (Å²) in [6.07, 6.45) is -5.45. The SMILES string of the molecule is N#Cc1ccc(N2CC3SCC[C@@H](O)C3S2(=O)=O)cc1C(F)(F)F. The van der Waals surface area contributed by atoms with Gasteiger partial charge in [-0.05, 0) is 30.4 Å². The molecule has 2 fully saturated rings. The van der Waals surface area contributed by atoms with Gasteiger partial charge in [-0.25, -0.2) is 8.42 Å². The number of anilines is 1. The Bertz CT molecular complexity index is 804. The zero-order valence-electron chi connectivity index (χ0n) is 12.2. The van der Waals surface area contributed by atoms with Crippen molar-refractivity contribution in [2.45, 2.75) is 29.2 Å². The smallest absolute Gasteiger partial charge is 0.392 e. The highest BCUT2D eigenvalue weighted by atomic mass is 32.2. The maximum absolute atomic E-state index is 13.1. The molecular formula is C14H13F3N2O3S2. The van der Waals surface area contributed by atoms with Crippen molar-refractivity contribution in [3.8, 4) is 6.07 Å². The van der Waals surface area contributed by atoms with Crippen molar-refractivity contribution in [2.75, 3.05) is 16.6 Å². The van der Waals surface area contributed by atoms with Crippen molar-refractivity contribution >= 4 is 27.5 Å². The number of aliphatic hydroxyl groups excluding tert-OH is 1. The van der Waals surface area contributed by atoms with Crippen LogP contribution in [-0.2, 0) is 16.2 Å². The molecule has 0 amide bonds. The fraction of sp³-hybridized carbons (Fsp3) is 0.500. The minimum Gasteiger partial charge on any atom is -0.392 e. The van der Waals surface area contributed by atoms with Gasteiger partial charge in [0, 0.05) is 11.8 Å². The van der Waals surface area contributed by atoms with Gasteiger partial charge in [0.1, 0.15) is 5.25 Å². The summed E-state index contributed by atoms with van der Waals surface area (Å²) in [7, 11) is -3.96. The first-order chi connectivity index (χ1) is 11.2. The molecule has 2 unspecified atom stereocenters. The summed E-state index contributed by atoms with van der Waals surface area (Å²) >= 11 is 1.40. The highest BCUT2D eigenvalue weighted by Crippen LogP contribution is 2.42. The van der Waals surface area contributed by atoms with Crippen molar-refractivity contribution in [2.24, 2.45) is 0 Å². The number of sulfonamides is 1. The largest absolute Gasteiger partial charge is 0.417 e. The molecule has 5 nitrogen and oxygen atoms in total. The van der Waals surface area contributed by atoms with Crippen molar-refractivity contribution in [3.05, 3.63) is 29.3 Å². The standard InChI is InChI=1S/C14H13F3N2O3S2/c15-14(16,17)10-5-9(2-1-8(10)6-18)19-7-12-13(24(19,21)22)11(20)3-4-23-12/h1-2,5,11-13,20H,3-4,7H2/t11-,12?,13?/m1/s1. The maximum atomic E-state index is 13.1. The van der Waals surface area contributed by atoms with E-state index in [-0.39, 0.29) is 17.5 Å². The van der Waals surface area contributed by atoms with Gasteiger partial charge in [-0.15, -0.1) is 0 Å². The average Bonchev–Trinajstić information content (AvgIpc) is 2.78. The third-order valence-electron chi connectivity index (χ3n) is 4.21. The van der Waals surface area contributed by atoms with Crippen molar-refractivity contribution in [3.63, 3.8) is 0 Å². The van der Waals surface area contributed by atoms with E-state index in [1.54, 1.807) is 0 Å². The van der Waals surface area contributed by atoms with E-state index in [2.05, 4.69) is 0 Å². The van der Waals surface area contributed by atoms with E-state index in [0.717, 1.165) is 10.4 Å². The topological polar surface area (TPSA) is 81.4 Å². The molecule has 1 aromatic carbocycles. The van der Waals surface area contributed by atoms with E-state index in [1.807, 2.05) is 0 Å². The van der Waals surface area contributed by atoms with E-state index >= 15 is 0 Å². The molecule has 0 spiro atoms. The summed E-state index contributed by atoms with van der Waals surface area (Å²) in [5, 5.41) is 17.4. The van der Waals surface area contributed by atoms with E-state index in [4.69, 9.17) is 5.26 Å². The lowest BCUT2D eigenvalue weighted by Crippen LogP contribution is -2.42. The maximum Gasteiger partial charge on any atom is 0.417 e. The molecule has 1 N–H and O–H groups in total. The number of fused-ring (bicyclic) bond motifs is 1. The molecule has 1 aromatic rings. The number of halogens is 3. The van der Waals surface area contributed by atoms with Crippen LogP contribution in [0.2, 0.25) is 0 Å². The molecule has 0 aliphatic carbocycles. The zero-order valence-corrected chi connectivity index (χ0v) is 13.8. The second-order valence-corrected chi connectivity index (χ2v) is 9.01. The van der Waals surface area contributed by atoms with E-state index in [9.17, 15) is 26.7 Å². The number of aliphatic hydroxyl groups is 1. The predicted octanol–water partition coefficient (Wildman–Crippen LogP) is 1.96. The Labute approximate surface area is 141 Å². The Morgan fingerprint density at radius 3 is 2.67 bits per heavy atom. The van der Waals surface area contributed by atoms with Gasteiger partial charge in [-0.2, -0.15) is 30.2 Å². The van der Waals surface area contributed by atoms with Crippen LogP contribution in [0, 0.1) is 11.3 Å². The number of thioether (sulfide) groups is 1. The molecule has 130 valence electrons. The monoisotopic (exact) mass is 378 g/mol. The Hall–Kier alpha value is -1.44. The van der Waals surface area contributed by atoms with Crippen LogP contribution in [-0.4, -0.2) is 42.4 Å². The van der Waals surface area contributed by atoms with Gasteiger partial charge in [0.2, 0.25) is 10.0 Å². The molecule has 3 rings (SSSR count). The predicted molar refractivity (Wildman–Crippen MR) is 83.1 cm³/mol. The second-order valence-electron chi connectivity index (χ2n) is 5.65.